The molecule has 1 aliphatic heterocycles. The Bertz CT molecular complexity index is 677. The average molecular weight is 283 g/mol. The lowest BCUT2D eigenvalue weighted by molar-refractivity contribution is 0.0783. The third-order valence-corrected chi connectivity index (χ3v) is 5.24. The second kappa shape index (κ2) is 4.88. The first kappa shape index (κ1) is 12.9. The van der Waals surface area contributed by atoms with Crippen LogP contribution in [-0.4, -0.2) is 34.9 Å². The van der Waals surface area contributed by atoms with Gasteiger partial charge in [0, 0.05) is 41.8 Å². The number of nitrogens with zero attached hydrogens (tertiary/aromatic N) is 1. The molecule has 2 fully saturated rings. The molecule has 0 radical (unpaired) electrons. The van der Waals surface area contributed by atoms with E-state index in [4.69, 9.17) is 5.73 Å². The molecule has 1 saturated heterocycles. The third kappa shape index (κ3) is 2.14. The number of fused-ring (bicyclic) bond motifs is 2. The fourth-order valence-electron chi connectivity index (χ4n) is 4.05. The average Bonchev–Trinajstić information content (AvgIpc) is 3.12. The second-order valence-corrected chi connectivity index (χ2v) is 6.51. The summed E-state index contributed by atoms with van der Waals surface area (Å²) in [6.45, 7) is 1.71. The number of carbonyl (C=O) groups excluding carboxylic acids is 1. The molecule has 2 heterocycles. The Morgan fingerprint density at radius 1 is 1.24 bits per heavy atom. The van der Waals surface area contributed by atoms with Gasteiger partial charge in [-0.2, -0.15) is 0 Å². The number of hydrogen-bond donors (Lipinski definition) is 2. The smallest absolute Gasteiger partial charge is 0.253 e. The number of carbonyl (C=O) groups is 1. The monoisotopic (exact) mass is 283 g/mol. The summed E-state index contributed by atoms with van der Waals surface area (Å²) >= 11 is 0. The maximum atomic E-state index is 12.7. The van der Waals surface area contributed by atoms with Crippen LogP contribution < -0.4 is 5.73 Å². The van der Waals surface area contributed by atoms with Gasteiger partial charge in [-0.3, -0.25) is 4.79 Å². The minimum absolute atomic E-state index is 0.153. The first-order chi connectivity index (χ1) is 10.2. The largest absolute Gasteiger partial charge is 0.361 e. The van der Waals surface area contributed by atoms with Crippen LogP contribution >= 0.6 is 0 Å². The Kier molecular flexibility index (Phi) is 3.00. The lowest BCUT2D eigenvalue weighted by Gasteiger charge is -2.29. The maximum Gasteiger partial charge on any atom is 0.253 e. The molecular formula is C17H21N3O. The van der Waals surface area contributed by atoms with E-state index in [-0.39, 0.29) is 11.9 Å². The van der Waals surface area contributed by atoms with E-state index < -0.39 is 0 Å². The molecule has 0 spiro atoms. The molecule has 110 valence electrons. The SMILES string of the molecule is NC1CCCC2CN(C(=O)c3ccc4[nH]ccc4c3)CC12. The van der Waals surface area contributed by atoms with Crippen LogP contribution in [0.5, 0.6) is 0 Å². The topological polar surface area (TPSA) is 62.1 Å². The van der Waals surface area contributed by atoms with Gasteiger partial charge < -0.3 is 15.6 Å². The molecule has 4 heteroatoms. The van der Waals surface area contributed by atoms with Gasteiger partial charge in [0.15, 0.2) is 0 Å². The van der Waals surface area contributed by atoms with Crippen LogP contribution in [0, 0.1) is 11.8 Å². The highest BCUT2D eigenvalue weighted by Gasteiger charge is 2.40. The van der Waals surface area contributed by atoms with Crippen LogP contribution in [0.1, 0.15) is 29.6 Å². The molecule has 0 bridgehead atoms. The van der Waals surface area contributed by atoms with Gasteiger partial charge in [-0.25, -0.2) is 0 Å². The Morgan fingerprint density at radius 2 is 2.14 bits per heavy atom. The van der Waals surface area contributed by atoms with Crippen LogP contribution in [0.15, 0.2) is 30.5 Å². The van der Waals surface area contributed by atoms with Crippen LogP contribution in [0.4, 0.5) is 0 Å². The van der Waals surface area contributed by atoms with Crippen molar-refractivity contribution >= 4 is 16.8 Å². The summed E-state index contributed by atoms with van der Waals surface area (Å²) in [7, 11) is 0. The molecule has 2 aliphatic rings. The van der Waals surface area contributed by atoms with Crippen molar-refractivity contribution in [3.63, 3.8) is 0 Å². The number of nitrogens with one attached hydrogen (secondary N) is 1. The molecule has 2 aromatic rings. The molecule has 3 N–H and O–H groups in total. The van der Waals surface area contributed by atoms with Crippen LogP contribution in [0.3, 0.4) is 0 Å². The first-order valence-corrected chi connectivity index (χ1v) is 7.84. The molecule has 1 aliphatic carbocycles. The van der Waals surface area contributed by atoms with Crippen molar-refractivity contribution in [3.05, 3.63) is 36.0 Å². The molecule has 4 nitrogen and oxygen atoms in total. The number of benzene rings is 1. The molecule has 1 amide bonds. The van der Waals surface area contributed by atoms with E-state index in [1.165, 1.54) is 12.8 Å². The van der Waals surface area contributed by atoms with E-state index in [0.29, 0.717) is 11.8 Å². The van der Waals surface area contributed by atoms with Gasteiger partial charge >= 0.3 is 0 Å². The van der Waals surface area contributed by atoms with Gasteiger partial charge in [0.05, 0.1) is 0 Å². The lowest BCUT2D eigenvalue weighted by atomic mass is 9.78. The quantitative estimate of drug-likeness (QED) is 0.844. The van der Waals surface area contributed by atoms with Crippen molar-refractivity contribution in [2.75, 3.05) is 13.1 Å². The number of likely N-dealkylation sites (tertiary alicyclic amines) is 1. The molecular weight excluding hydrogens is 262 g/mol. The number of hydrogen-bond acceptors (Lipinski definition) is 2. The summed E-state index contributed by atoms with van der Waals surface area (Å²) in [6.07, 6.45) is 5.44. The van der Waals surface area contributed by atoms with Crippen molar-refractivity contribution < 1.29 is 4.79 Å². The lowest BCUT2D eigenvalue weighted by Crippen LogP contribution is -2.38. The summed E-state index contributed by atoms with van der Waals surface area (Å²) in [5, 5.41) is 1.09. The minimum Gasteiger partial charge on any atom is -0.361 e. The minimum atomic E-state index is 0.153. The Hall–Kier alpha value is -1.81. The summed E-state index contributed by atoms with van der Waals surface area (Å²) in [4.78, 5) is 17.9. The van der Waals surface area contributed by atoms with Gasteiger partial charge in [-0.15, -0.1) is 0 Å². The van der Waals surface area contributed by atoms with Crippen molar-refractivity contribution in [1.82, 2.24) is 9.88 Å². The van der Waals surface area contributed by atoms with Crippen LogP contribution in [0.25, 0.3) is 10.9 Å². The van der Waals surface area contributed by atoms with Gasteiger partial charge in [0.25, 0.3) is 5.91 Å². The van der Waals surface area contributed by atoms with Gasteiger partial charge in [0.1, 0.15) is 0 Å². The predicted octanol–water partition coefficient (Wildman–Crippen LogP) is 2.37. The van der Waals surface area contributed by atoms with E-state index in [0.717, 1.165) is 36.0 Å². The van der Waals surface area contributed by atoms with Crippen molar-refractivity contribution in [2.45, 2.75) is 25.3 Å². The summed E-state index contributed by atoms with van der Waals surface area (Å²) in [5.41, 5.74) is 8.10. The van der Waals surface area contributed by atoms with Crippen LogP contribution in [-0.2, 0) is 0 Å². The van der Waals surface area contributed by atoms with E-state index in [2.05, 4.69) is 4.98 Å². The zero-order valence-electron chi connectivity index (χ0n) is 12.1. The Morgan fingerprint density at radius 3 is 3.00 bits per heavy atom. The molecule has 1 saturated carbocycles. The van der Waals surface area contributed by atoms with E-state index in [1.807, 2.05) is 35.4 Å². The highest BCUT2D eigenvalue weighted by atomic mass is 16.2. The number of H-pyrrole nitrogens is 1. The van der Waals surface area contributed by atoms with E-state index in [9.17, 15) is 4.79 Å². The van der Waals surface area contributed by atoms with Crippen LogP contribution in [0.2, 0.25) is 0 Å². The normalized spacial score (nSPS) is 28.8. The molecule has 3 unspecified atom stereocenters. The number of rotatable bonds is 1. The third-order valence-electron chi connectivity index (χ3n) is 5.24. The Balaban J connectivity index is 1.57. The second-order valence-electron chi connectivity index (χ2n) is 6.51. The van der Waals surface area contributed by atoms with E-state index in [1.54, 1.807) is 0 Å². The predicted molar refractivity (Wildman–Crippen MR) is 83.0 cm³/mol. The molecule has 21 heavy (non-hydrogen) atoms. The number of aromatic nitrogens is 1. The van der Waals surface area contributed by atoms with Gasteiger partial charge in [0.2, 0.25) is 0 Å². The summed E-state index contributed by atoms with van der Waals surface area (Å²) in [6, 6.07) is 8.16. The summed E-state index contributed by atoms with van der Waals surface area (Å²) in [5.74, 6) is 1.26. The van der Waals surface area contributed by atoms with Gasteiger partial charge in [-0.1, -0.05) is 6.42 Å². The number of aromatic amines is 1. The van der Waals surface area contributed by atoms with Gasteiger partial charge in [-0.05, 0) is 48.9 Å². The Labute approximate surface area is 124 Å². The zero-order valence-corrected chi connectivity index (χ0v) is 12.1. The highest BCUT2D eigenvalue weighted by molar-refractivity contribution is 5.98. The van der Waals surface area contributed by atoms with Crippen molar-refractivity contribution in [1.29, 1.82) is 0 Å². The maximum absolute atomic E-state index is 12.7. The van der Waals surface area contributed by atoms with E-state index >= 15 is 0 Å². The number of nitrogens with two attached hydrogens (primary N) is 1. The first-order valence-electron chi connectivity index (χ1n) is 7.84. The molecule has 3 atom stereocenters. The highest BCUT2D eigenvalue weighted by Crippen LogP contribution is 2.36. The molecule has 4 rings (SSSR count). The fourth-order valence-corrected chi connectivity index (χ4v) is 4.05. The van der Waals surface area contributed by atoms with Crippen molar-refractivity contribution in [3.8, 4) is 0 Å². The fraction of sp³-hybridized carbons (Fsp3) is 0.471. The molecule has 1 aromatic carbocycles. The number of amides is 1. The van der Waals surface area contributed by atoms with Crippen molar-refractivity contribution in [2.24, 2.45) is 17.6 Å². The summed E-state index contributed by atoms with van der Waals surface area (Å²) < 4.78 is 0. The standard InChI is InChI=1S/C17H21N3O/c18-15-3-1-2-13-9-20(10-14(13)15)17(21)12-4-5-16-11(8-12)6-7-19-16/h4-8,13-15,19H,1-3,9-10,18H2. The molecule has 1 aromatic heterocycles. The zero-order chi connectivity index (χ0) is 14.4.